The Kier molecular flexibility index (Phi) is 5.64. The van der Waals surface area contributed by atoms with Crippen molar-refractivity contribution in [3.05, 3.63) is 42.0 Å². The summed E-state index contributed by atoms with van der Waals surface area (Å²) in [4.78, 5) is 11.7. The number of benzene rings is 1. The van der Waals surface area contributed by atoms with Gasteiger partial charge >= 0.3 is 5.97 Å². The molecule has 0 amide bonds. The number of hydrogen-bond donors (Lipinski definition) is 4. The molecule has 120 valence electrons. The Balaban J connectivity index is 1.97. The molecule has 7 nitrogen and oxygen atoms in total. The third-order valence-corrected chi connectivity index (χ3v) is 3.31. The van der Waals surface area contributed by atoms with Gasteiger partial charge in [-0.05, 0) is 11.6 Å². The lowest BCUT2D eigenvalue weighted by Gasteiger charge is -2.39. The van der Waals surface area contributed by atoms with Crippen molar-refractivity contribution in [3.63, 3.8) is 0 Å². The van der Waals surface area contributed by atoms with Crippen LogP contribution >= 0.6 is 0 Å². The summed E-state index contributed by atoms with van der Waals surface area (Å²) in [7, 11) is 0. The second-order valence-electron chi connectivity index (χ2n) is 4.87. The molecule has 0 bridgehead atoms. The van der Waals surface area contributed by atoms with Crippen molar-refractivity contribution in [3.8, 4) is 0 Å². The van der Waals surface area contributed by atoms with Crippen LogP contribution < -0.4 is 0 Å². The van der Waals surface area contributed by atoms with Crippen LogP contribution in [0.1, 0.15) is 5.56 Å². The van der Waals surface area contributed by atoms with E-state index in [1.807, 2.05) is 6.07 Å². The zero-order chi connectivity index (χ0) is 16.1. The average molecular weight is 310 g/mol. The molecule has 1 fully saturated rings. The van der Waals surface area contributed by atoms with Crippen LogP contribution in [0.2, 0.25) is 0 Å². The highest BCUT2D eigenvalue weighted by Crippen LogP contribution is 2.22. The van der Waals surface area contributed by atoms with Crippen molar-refractivity contribution in [2.45, 2.75) is 30.7 Å². The molecule has 2 rings (SSSR count). The van der Waals surface area contributed by atoms with Gasteiger partial charge in [-0.1, -0.05) is 30.3 Å². The summed E-state index contributed by atoms with van der Waals surface area (Å²) >= 11 is 0. The van der Waals surface area contributed by atoms with Crippen molar-refractivity contribution in [2.24, 2.45) is 0 Å². The third-order valence-electron chi connectivity index (χ3n) is 3.31. The molecule has 4 N–H and O–H groups in total. The molecule has 1 saturated heterocycles. The van der Waals surface area contributed by atoms with Gasteiger partial charge in [-0.3, -0.25) is 0 Å². The smallest absolute Gasteiger partial charge is 0.331 e. The molecule has 22 heavy (non-hydrogen) atoms. The van der Waals surface area contributed by atoms with Crippen LogP contribution in [0.4, 0.5) is 0 Å². The zero-order valence-corrected chi connectivity index (χ0v) is 11.6. The lowest BCUT2D eigenvalue weighted by Crippen LogP contribution is -2.59. The topological polar surface area (TPSA) is 116 Å². The number of esters is 1. The van der Waals surface area contributed by atoms with E-state index < -0.39 is 43.3 Å². The van der Waals surface area contributed by atoms with Crippen molar-refractivity contribution in [1.29, 1.82) is 0 Å². The quantitative estimate of drug-likeness (QED) is 0.418. The Bertz CT molecular complexity index is 516. The minimum Gasteiger partial charge on any atom is -0.451 e. The Morgan fingerprint density at radius 3 is 2.50 bits per heavy atom. The van der Waals surface area contributed by atoms with E-state index >= 15 is 0 Å². The Morgan fingerprint density at radius 1 is 1.18 bits per heavy atom. The number of aliphatic hydroxyl groups is 4. The van der Waals surface area contributed by atoms with E-state index in [9.17, 15) is 20.1 Å². The number of ether oxygens (including phenoxy) is 2. The minimum atomic E-state index is -1.63. The van der Waals surface area contributed by atoms with Gasteiger partial charge in [-0.2, -0.15) is 0 Å². The molecule has 0 aromatic heterocycles. The predicted molar refractivity (Wildman–Crippen MR) is 75.3 cm³/mol. The highest BCUT2D eigenvalue weighted by Gasteiger charge is 2.45. The van der Waals surface area contributed by atoms with Crippen LogP contribution in [-0.2, 0) is 14.3 Å². The first-order valence-corrected chi connectivity index (χ1v) is 6.77. The molecule has 0 radical (unpaired) electrons. The summed E-state index contributed by atoms with van der Waals surface area (Å²) < 4.78 is 9.80. The van der Waals surface area contributed by atoms with E-state index in [1.165, 1.54) is 6.08 Å². The summed E-state index contributed by atoms with van der Waals surface area (Å²) in [6, 6.07) is 9.01. The van der Waals surface area contributed by atoms with Gasteiger partial charge in [-0.25, -0.2) is 4.79 Å². The molecule has 0 aliphatic carbocycles. The molecule has 7 heteroatoms. The third kappa shape index (κ3) is 3.90. The van der Waals surface area contributed by atoms with Gasteiger partial charge in [0.2, 0.25) is 0 Å². The van der Waals surface area contributed by atoms with Gasteiger partial charge in [0.25, 0.3) is 0 Å². The SMILES string of the molecule is O=C(C=Cc1ccccc1)OC1C(O)OC(CO)C(O)C1O. The minimum absolute atomic E-state index is 0.580. The summed E-state index contributed by atoms with van der Waals surface area (Å²) in [5.74, 6) is -0.801. The van der Waals surface area contributed by atoms with Gasteiger partial charge in [0.1, 0.15) is 18.3 Å². The zero-order valence-electron chi connectivity index (χ0n) is 11.6. The van der Waals surface area contributed by atoms with E-state index in [2.05, 4.69) is 0 Å². The molecule has 1 heterocycles. The summed E-state index contributed by atoms with van der Waals surface area (Å²) in [5.41, 5.74) is 0.779. The molecule has 1 aromatic rings. The van der Waals surface area contributed by atoms with Gasteiger partial charge in [0.15, 0.2) is 12.4 Å². The van der Waals surface area contributed by atoms with Crippen LogP contribution in [0.15, 0.2) is 36.4 Å². The van der Waals surface area contributed by atoms with Gasteiger partial charge in [-0.15, -0.1) is 0 Å². The van der Waals surface area contributed by atoms with Gasteiger partial charge in [0.05, 0.1) is 6.61 Å². The number of carbonyl (C=O) groups excluding carboxylic acids is 1. The molecule has 1 aliphatic rings. The molecule has 5 unspecified atom stereocenters. The maximum Gasteiger partial charge on any atom is 0.331 e. The largest absolute Gasteiger partial charge is 0.451 e. The first-order chi connectivity index (χ1) is 10.5. The van der Waals surface area contributed by atoms with E-state index in [0.29, 0.717) is 0 Å². The van der Waals surface area contributed by atoms with Crippen molar-refractivity contribution >= 4 is 12.0 Å². The normalized spacial score (nSPS) is 32.1. The molecule has 1 aromatic carbocycles. The highest BCUT2D eigenvalue weighted by atomic mass is 16.7. The predicted octanol–water partition coefficient (Wildman–Crippen LogP) is -0.957. The fourth-order valence-electron chi connectivity index (χ4n) is 2.10. The highest BCUT2D eigenvalue weighted by molar-refractivity contribution is 5.87. The standard InChI is InChI=1S/C15H18O7/c16-8-10-12(18)13(19)14(15(20)21-10)22-11(17)7-6-9-4-2-1-3-5-9/h1-7,10,12-16,18-20H,8H2. The summed E-state index contributed by atoms with van der Waals surface area (Å²) in [6.07, 6.45) is -4.59. The lowest BCUT2D eigenvalue weighted by atomic mass is 9.99. The Hall–Kier alpha value is -1.77. The Morgan fingerprint density at radius 2 is 1.86 bits per heavy atom. The lowest BCUT2D eigenvalue weighted by molar-refractivity contribution is -0.289. The van der Waals surface area contributed by atoms with Crippen LogP contribution in [0.5, 0.6) is 0 Å². The fraction of sp³-hybridized carbons (Fsp3) is 0.400. The average Bonchev–Trinajstić information content (AvgIpc) is 2.54. The maximum absolute atomic E-state index is 11.7. The number of rotatable bonds is 4. The van der Waals surface area contributed by atoms with E-state index in [1.54, 1.807) is 24.3 Å². The second kappa shape index (κ2) is 7.48. The number of hydrogen-bond acceptors (Lipinski definition) is 7. The maximum atomic E-state index is 11.7. The molecular formula is C15H18O7. The molecule has 0 saturated carbocycles. The monoisotopic (exact) mass is 310 g/mol. The fourth-order valence-corrected chi connectivity index (χ4v) is 2.10. The van der Waals surface area contributed by atoms with Crippen molar-refractivity contribution in [2.75, 3.05) is 6.61 Å². The van der Waals surface area contributed by atoms with Crippen LogP contribution in [0.25, 0.3) is 6.08 Å². The molecule has 0 spiro atoms. The van der Waals surface area contributed by atoms with Gasteiger partial charge < -0.3 is 29.9 Å². The van der Waals surface area contributed by atoms with Crippen LogP contribution in [0, 0.1) is 0 Å². The van der Waals surface area contributed by atoms with Crippen molar-refractivity contribution in [1.82, 2.24) is 0 Å². The van der Waals surface area contributed by atoms with Gasteiger partial charge in [0, 0.05) is 6.08 Å². The summed E-state index contributed by atoms with van der Waals surface area (Å²) in [5, 5.41) is 38.2. The first kappa shape index (κ1) is 16.6. The van der Waals surface area contributed by atoms with E-state index in [4.69, 9.17) is 14.6 Å². The number of aliphatic hydroxyl groups excluding tert-OH is 4. The first-order valence-electron chi connectivity index (χ1n) is 6.77. The number of carbonyl (C=O) groups is 1. The van der Waals surface area contributed by atoms with E-state index in [-0.39, 0.29) is 0 Å². The summed E-state index contributed by atoms with van der Waals surface area (Å²) in [6.45, 7) is -0.580. The molecule has 5 atom stereocenters. The molecular weight excluding hydrogens is 292 g/mol. The van der Waals surface area contributed by atoms with E-state index in [0.717, 1.165) is 11.6 Å². The van der Waals surface area contributed by atoms with Crippen molar-refractivity contribution < 1.29 is 34.7 Å². The molecule has 1 aliphatic heterocycles. The Labute approximate surface area is 127 Å². The van der Waals surface area contributed by atoms with Crippen LogP contribution in [-0.4, -0.2) is 63.7 Å². The second-order valence-corrected chi connectivity index (χ2v) is 4.87. The van der Waals surface area contributed by atoms with Crippen LogP contribution in [0.3, 0.4) is 0 Å².